The minimum absolute atomic E-state index is 0.0758. The van der Waals surface area contributed by atoms with Crippen molar-refractivity contribution in [3.8, 4) is 0 Å². The molecule has 0 aliphatic carbocycles. The Morgan fingerprint density at radius 1 is 1.25 bits per heavy atom. The average molecular weight is 276 g/mol. The highest BCUT2D eigenvalue weighted by atomic mass is 19.1. The van der Waals surface area contributed by atoms with Crippen molar-refractivity contribution in [2.45, 2.75) is 64.1 Å². The third-order valence-corrected chi connectivity index (χ3v) is 4.93. The number of piperidine rings is 1. The molecule has 0 radical (unpaired) electrons. The molecule has 1 aromatic carbocycles. The number of hydrogen-bond donors (Lipinski definition) is 1. The highest BCUT2D eigenvalue weighted by Crippen LogP contribution is 2.40. The van der Waals surface area contributed by atoms with Crippen molar-refractivity contribution in [3.05, 3.63) is 29.6 Å². The first kappa shape index (κ1) is 13.9. The fraction of sp³-hybridized carbons (Fsp3) is 0.647. The van der Waals surface area contributed by atoms with Crippen LogP contribution in [0.25, 0.3) is 0 Å². The van der Waals surface area contributed by atoms with Crippen LogP contribution in [0.5, 0.6) is 0 Å². The van der Waals surface area contributed by atoms with Crippen LogP contribution in [-0.4, -0.2) is 24.7 Å². The molecule has 2 bridgehead atoms. The molecule has 0 saturated carbocycles. The molecule has 2 heterocycles. The molecule has 2 saturated heterocycles. The third kappa shape index (κ3) is 2.44. The normalized spacial score (nSPS) is 28.9. The molecule has 2 aliphatic rings. The Morgan fingerprint density at radius 3 is 2.60 bits per heavy atom. The van der Waals surface area contributed by atoms with Crippen LogP contribution in [0.1, 0.15) is 44.6 Å². The Kier molecular flexibility index (Phi) is 3.97. The number of nitrogens with zero attached hydrogens (tertiary/aromatic N) is 1. The number of anilines is 1. The van der Waals surface area contributed by atoms with E-state index in [4.69, 9.17) is 0 Å². The van der Waals surface area contributed by atoms with E-state index in [2.05, 4.69) is 23.2 Å². The third-order valence-electron chi connectivity index (χ3n) is 4.93. The number of benzene rings is 1. The Labute approximate surface area is 121 Å². The molecule has 2 unspecified atom stereocenters. The van der Waals surface area contributed by atoms with Gasteiger partial charge in [0, 0.05) is 29.4 Å². The van der Waals surface area contributed by atoms with Crippen molar-refractivity contribution in [1.29, 1.82) is 0 Å². The van der Waals surface area contributed by atoms with Crippen LogP contribution >= 0.6 is 0 Å². The number of halogens is 1. The molecule has 1 aromatic rings. The topological polar surface area (TPSA) is 15.3 Å². The Balaban J connectivity index is 1.78. The summed E-state index contributed by atoms with van der Waals surface area (Å²) in [7, 11) is 0. The Hall–Kier alpha value is -1.09. The van der Waals surface area contributed by atoms with Crippen molar-refractivity contribution >= 4 is 5.69 Å². The summed E-state index contributed by atoms with van der Waals surface area (Å²) in [6.45, 7) is 5.24. The van der Waals surface area contributed by atoms with Crippen LogP contribution in [0.3, 0.4) is 0 Å². The van der Waals surface area contributed by atoms with E-state index in [1.165, 1.54) is 32.1 Å². The van der Waals surface area contributed by atoms with Gasteiger partial charge in [-0.15, -0.1) is 0 Å². The van der Waals surface area contributed by atoms with Crippen LogP contribution in [0, 0.1) is 12.7 Å². The van der Waals surface area contributed by atoms with Gasteiger partial charge in [0.15, 0.2) is 0 Å². The van der Waals surface area contributed by atoms with E-state index >= 15 is 0 Å². The largest absolute Gasteiger partial charge is 0.365 e. The fourth-order valence-electron chi connectivity index (χ4n) is 3.96. The van der Waals surface area contributed by atoms with E-state index in [0.29, 0.717) is 18.1 Å². The quantitative estimate of drug-likeness (QED) is 0.903. The minimum atomic E-state index is -0.0758. The van der Waals surface area contributed by atoms with Crippen molar-refractivity contribution in [2.75, 3.05) is 11.4 Å². The maximum absolute atomic E-state index is 13.8. The second-order valence-electron chi connectivity index (χ2n) is 6.30. The van der Waals surface area contributed by atoms with Crippen LogP contribution in [0.2, 0.25) is 0 Å². The van der Waals surface area contributed by atoms with Crippen molar-refractivity contribution in [2.24, 2.45) is 0 Å². The summed E-state index contributed by atoms with van der Waals surface area (Å²) >= 11 is 0. The van der Waals surface area contributed by atoms with E-state index in [9.17, 15) is 4.39 Å². The van der Waals surface area contributed by atoms with Gasteiger partial charge in [-0.1, -0.05) is 13.0 Å². The molecule has 2 atom stereocenters. The highest BCUT2D eigenvalue weighted by Gasteiger charge is 2.41. The van der Waals surface area contributed by atoms with Gasteiger partial charge in [0.05, 0.1) is 0 Å². The van der Waals surface area contributed by atoms with Crippen molar-refractivity contribution in [1.82, 2.24) is 5.32 Å². The van der Waals surface area contributed by atoms with E-state index in [1.807, 2.05) is 13.0 Å². The predicted molar refractivity (Wildman–Crippen MR) is 81.7 cm³/mol. The number of fused-ring (bicyclic) bond motifs is 2. The number of nitrogens with one attached hydrogen (secondary N) is 1. The van der Waals surface area contributed by atoms with E-state index < -0.39 is 0 Å². The molecule has 3 heteroatoms. The standard InChI is InChI=1S/C17H25FN2/c1-3-9-19-13-10-14-7-8-15(11-13)20(14)17-6-4-5-16(18)12(17)2/h4-6,13-15,19H,3,7-11H2,1-2H3. The second-order valence-corrected chi connectivity index (χ2v) is 6.30. The zero-order chi connectivity index (χ0) is 14.1. The Morgan fingerprint density at radius 2 is 1.95 bits per heavy atom. The molecule has 20 heavy (non-hydrogen) atoms. The van der Waals surface area contributed by atoms with Crippen LogP contribution in [0.4, 0.5) is 10.1 Å². The van der Waals surface area contributed by atoms with Gasteiger partial charge >= 0.3 is 0 Å². The first-order chi connectivity index (χ1) is 9.70. The first-order valence-electron chi connectivity index (χ1n) is 7.97. The molecule has 2 nitrogen and oxygen atoms in total. The summed E-state index contributed by atoms with van der Waals surface area (Å²) in [5.74, 6) is -0.0758. The maximum atomic E-state index is 13.8. The van der Waals surface area contributed by atoms with Crippen molar-refractivity contribution < 1.29 is 4.39 Å². The van der Waals surface area contributed by atoms with E-state index in [-0.39, 0.29) is 5.82 Å². The Bertz CT molecular complexity index is 460. The molecule has 110 valence electrons. The summed E-state index contributed by atoms with van der Waals surface area (Å²) in [5, 5.41) is 3.67. The van der Waals surface area contributed by atoms with Gasteiger partial charge in [0.1, 0.15) is 5.82 Å². The van der Waals surface area contributed by atoms with Gasteiger partial charge in [-0.05, 0) is 57.7 Å². The van der Waals surface area contributed by atoms with E-state index in [1.54, 1.807) is 6.07 Å². The second kappa shape index (κ2) is 5.72. The van der Waals surface area contributed by atoms with Gasteiger partial charge in [-0.3, -0.25) is 0 Å². The van der Waals surface area contributed by atoms with Gasteiger partial charge in [-0.25, -0.2) is 4.39 Å². The molecule has 2 aliphatic heterocycles. The smallest absolute Gasteiger partial charge is 0.128 e. The molecule has 1 N–H and O–H groups in total. The lowest BCUT2D eigenvalue weighted by Crippen LogP contribution is -2.49. The molecule has 0 aromatic heterocycles. The van der Waals surface area contributed by atoms with Gasteiger partial charge in [0.2, 0.25) is 0 Å². The van der Waals surface area contributed by atoms with Gasteiger partial charge in [-0.2, -0.15) is 0 Å². The fourth-order valence-corrected chi connectivity index (χ4v) is 3.96. The number of hydrogen-bond acceptors (Lipinski definition) is 2. The summed E-state index contributed by atoms with van der Waals surface area (Å²) in [6, 6.07) is 7.32. The lowest BCUT2D eigenvalue weighted by molar-refractivity contribution is 0.356. The SMILES string of the molecule is CCCNC1CC2CCC(C1)N2c1cccc(F)c1C. The molecule has 3 rings (SSSR count). The van der Waals surface area contributed by atoms with E-state index in [0.717, 1.165) is 17.8 Å². The molecule has 2 fully saturated rings. The zero-order valence-electron chi connectivity index (χ0n) is 12.5. The highest BCUT2D eigenvalue weighted by molar-refractivity contribution is 5.56. The summed E-state index contributed by atoms with van der Waals surface area (Å²) in [4.78, 5) is 2.50. The van der Waals surface area contributed by atoms with Crippen molar-refractivity contribution in [3.63, 3.8) is 0 Å². The van der Waals surface area contributed by atoms with Gasteiger partial charge in [0.25, 0.3) is 0 Å². The molecular formula is C17H25FN2. The summed E-state index contributed by atoms with van der Waals surface area (Å²) < 4.78 is 13.8. The molecular weight excluding hydrogens is 251 g/mol. The zero-order valence-corrected chi connectivity index (χ0v) is 12.5. The predicted octanol–water partition coefficient (Wildman–Crippen LogP) is 3.63. The summed E-state index contributed by atoms with van der Waals surface area (Å²) in [5.41, 5.74) is 1.93. The maximum Gasteiger partial charge on any atom is 0.128 e. The molecule has 0 spiro atoms. The minimum Gasteiger partial charge on any atom is -0.365 e. The lowest BCUT2D eigenvalue weighted by atomic mass is 9.95. The first-order valence-corrected chi connectivity index (χ1v) is 7.97. The lowest BCUT2D eigenvalue weighted by Gasteiger charge is -2.41. The van der Waals surface area contributed by atoms with Crippen LogP contribution in [0.15, 0.2) is 18.2 Å². The number of rotatable bonds is 4. The average Bonchev–Trinajstić information content (AvgIpc) is 2.70. The van der Waals surface area contributed by atoms with Crippen LogP contribution < -0.4 is 10.2 Å². The molecule has 0 amide bonds. The summed E-state index contributed by atoms with van der Waals surface area (Å²) in [6.07, 6.45) is 6.10. The van der Waals surface area contributed by atoms with Gasteiger partial charge < -0.3 is 10.2 Å². The monoisotopic (exact) mass is 276 g/mol. The van der Waals surface area contributed by atoms with Crippen LogP contribution in [-0.2, 0) is 0 Å².